The van der Waals surface area contributed by atoms with Crippen molar-refractivity contribution in [1.82, 2.24) is 9.88 Å². The summed E-state index contributed by atoms with van der Waals surface area (Å²) in [6.45, 7) is 6.01. The number of aryl methyl sites for hydroxylation is 1. The average Bonchev–Trinajstić information content (AvgIpc) is 2.51. The summed E-state index contributed by atoms with van der Waals surface area (Å²) < 4.78 is 2.04. The molecule has 0 atom stereocenters. The van der Waals surface area contributed by atoms with E-state index in [2.05, 4.69) is 17.6 Å². The van der Waals surface area contributed by atoms with Crippen LogP contribution < -0.4 is 5.32 Å². The zero-order chi connectivity index (χ0) is 10.6. The summed E-state index contributed by atoms with van der Waals surface area (Å²) in [5.74, 6) is 0. The van der Waals surface area contributed by atoms with E-state index in [4.69, 9.17) is 5.11 Å². The zero-order valence-corrected chi connectivity index (χ0v) is 9.25. The Bertz CT molecular complexity index is 279. The van der Waals surface area contributed by atoms with Gasteiger partial charge in [0.25, 0.3) is 0 Å². The van der Waals surface area contributed by atoms with Crippen LogP contribution in [0.4, 0.5) is 0 Å². The lowest BCUT2D eigenvalue weighted by Gasteiger charge is -2.21. The number of rotatable bonds is 5. The van der Waals surface area contributed by atoms with Crippen LogP contribution >= 0.6 is 0 Å². The van der Waals surface area contributed by atoms with Crippen LogP contribution in [0.25, 0.3) is 0 Å². The Morgan fingerprint density at radius 3 is 2.71 bits per heavy atom. The first-order chi connectivity index (χ1) is 6.53. The van der Waals surface area contributed by atoms with Gasteiger partial charge < -0.3 is 15.0 Å². The molecule has 80 valence electrons. The monoisotopic (exact) mass is 196 g/mol. The van der Waals surface area contributed by atoms with Crippen LogP contribution in [0.5, 0.6) is 0 Å². The van der Waals surface area contributed by atoms with Gasteiger partial charge in [-0.05, 0) is 11.6 Å². The maximum Gasteiger partial charge on any atom is 0.0494 e. The lowest BCUT2D eigenvalue weighted by Crippen LogP contribution is -2.31. The molecule has 1 rings (SSSR count). The Morgan fingerprint density at radius 2 is 2.21 bits per heavy atom. The van der Waals surface area contributed by atoms with E-state index in [1.165, 1.54) is 5.56 Å². The number of nitrogens with one attached hydrogen (secondary N) is 1. The van der Waals surface area contributed by atoms with E-state index in [1.807, 2.05) is 31.7 Å². The Balaban J connectivity index is 2.28. The van der Waals surface area contributed by atoms with E-state index in [0.29, 0.717) is 0 Å². The number of hydrogen-bond donors (Lipinski definition) is 2. The van der Waals surface area contributed by atoms with Crippen molar-refractivity contribution >= 4 is 0 Å². The minimum absolute atomic E-state index is 0.0330. The van der Waals surface area contributed by atoms with E-state index in [0.717, 1.165) is 13.1 Å². The SMILES string of the molecule is Cn1ccc(CNCC(C)(C)CO)c1. The predicted molar refractivity (Wildman–Crippen MR) is 58.0 cm³/mol. The van der Waals surface area contributed by atoms with Gasteiger partial charge >= 0.3 is 0 Å². The summed E-state index contributed by atoms with van der Waals surface area (Å²) in [6.07, 6.45) is 4.13. The largest absolute Gasteiger partial charge is 0.396 e. The number of aromatic nitrogens is 1. The van der Waals surface area contributed by atoms with E-state index >= 15 is 0 Å². The van der Waals surface area contributed by atoms with Crippen LogP contribution in [0.2, 0.25) is 0 Å². The fourth-order valence-corrected chi connectivity index (χ4v) is 1.27. The lowest BCUT2D eigenvalue weighted by molar-refractivity contribution is 0.156. The van der Waals surface area contributed by atoms with Gasteiger partial charge in [0, 0.05) is 44.6 Å². The van der Waals surface area contributed by atoms with Gasteiger partial charge in [0.1, 0.15) is 0 Å². The summed E-state index contributed by atoms with van der Waals surface area (Å²) in [7, 11) is 2.02. The molecule has 0 fully saturated rings. The molecule has 2 N–H and O–H groups in total. The first kappa shape index (κ1) is 11.3. The molecular weight excluding hydrogens is 176 g/mol. The molecule has 1 aromatic heterocycles. The number of aliphatic hydroxyl groups is 1. The van der Waals surface area contributed by atoms with E-state index in [9.17, 15) is 0 Å². The molecule has 0 saturated heterocycles. The Hall–Kier alpha value is -0.800. The number of aliphatic hydroxyl groups excluding tert-OH is 1. The maximum atomic E-state index is 9.05. The number of nitrogens with zero attached hydrogens (tertiary/aromatic N) is 1. The molecule has 0 bridgehead atoms. The fraction of sp³-hybridized carbons (Fsp3) is 0.636. The van der Waals surface area contributed by atoms with Gasteiger partial charge in [-0.15, -0.1) is 0 Å². The molecule has 0 amide bonds. The standard InChI is InChI=1S/C11H20N2O/c1-11(2,9-14)8-12-6-10-4-5-13(3)7-10/h4-5,7,12,14H,6,8-9H2,1-3H3. The summed E-state index contributed by atoms with van der Waals surface area (Å²) in [5, 5.41) is 12.4. The Kier molecular flexibility index (Phi) is 3.72. The van der Waals surface area contributed by atoms with Crippen LogP contribution in [0.3, 0.4) is 0 Å². The highest BCUT2D eigenvalue weighted by Crippen LogP contribution is 2.11. The normalized spacial score (nSPS) is 12.0. The predicted octanol–water partition coefficient (Wildman–Crippen LogP) is 1.13. The van der Waals surface area contributed by atoms with Gasteiger partial charge in [0.2, 0.25) is 0 Å². The molecule has 0 spiro atoms. The van der Waals surface area contributed by atoms with Crippen molar-refractivity contribution < 1.29 is 5.11 Å². The highest BCUT2D eigenvalue weighted by molar-refractivity contribution is 5.09. The van der Waals surface area contributed by atoms with Gasteiger partial charge in [-0.2, -0.15) is 0 Å². The number of hydrogen-bond acceptors (Lipinski definition) is 2. The summed E-state index contributed by atoms with van der Waals surface area (Å²) in [4.78, 5) is 0. The van der Waals surface area contributed by atoms with E-state index < -0.39 is 0 Å². The van der Waals surface area contributed by atoms with Crippen molar-refractivity contribution in [3.8, 4) is 0 Å². The Labute approximate surface area is 85.7 Å². The second kappa shape index (κ2) is 4.62. The van der Waals surface area contributed by atoms with E-state index in [1.54, 1.807) is 0 Å². The first-order valence-electron chi connectivity index (χ1n) is 4.96. The minimum atomic E-state index is -0.0330. The van der Waals surface area contributed by atoms with Gasteiger partial charge in [-0.3, -0.25) is 0 Å². The third-order valence-electron chi connectivity index (χ3n) is 2.25. The van der Waals surface area contributed by atoms with Crippen molar-refractivity contribution in [2.24, 2.45) is 12.5 Å². The molecule has 0 unspecified atom stereocenters. The van der Waals surface area contributed by atoms with Gasteiger partial charge in [-0.25, -0.2) is 0 Å². The first-order valence-corrected chi connectivity index (χ1v) is 4.96. The van der Waals surface area contributed by atoms with Crippen molar-refractivity contribution in [2.45, 2.75) is 20.4 Å². The molecule has 3 nitrogen and oxygen atoms in total. The van der Waals surface area contributed by atoms with Crippen molar-refractivity contribution in [3.05, 3.63) is 24.0 Å². The van der Waals surface area contributed by atoms with Crippen LogP contribution in [-0.2, 0) is 13.6 Å². The molecule has 0 aliphatic heterocycles. The van der Waals surface area contributed by atoms with Crippen LogP contribution in [0.1, 0.15) is 19.4 Å². The topological polar surface area (TPSA) is 37.2 Å². The molecule has 14 heavy (non-hydrogen) atoms. The molecule has 0 radical (unpaired) electrons. The summed E-state index contributed by atoms with van der Waals surface area (Å²) in [5.41, 5.74) is 1.25. The Morgan fingerprint density at radius 1 is 1.50 bits per heavy atom. The molecule has 3 heteroatoms. The van der Waals surface area contributed by atoms with E-state index in [-0.39, 0.29) is 12.0 Å². The highest BCUT2D eigenvalue weighted by atomic mass is 16.3. The maximum absolute atomic E-state index is 9.05. The lowest BCUT2D eigenvalue weighted by atomic mass is 9.95. The second-order valence-corrected chi connectivity index (χ2v) is 4.61. The second-order valence-electron chi connectivity index (χ2n) is 4.61. The third kappa shape index (κ3) is 3.52. The van der Waals surface area contributed by atoms with Gasteiger partial charge in [0.15, 0.2) is 0 Å². The quantitative estimate of drug-likeness (QED) is 0.741. The highest BCUT2D eigenvalue weighted by Gasteiger charge is 2.15. The zero-order valence-electron chi connectivity index (χ0n) is 9.25. The van der Waals surface area contributed by atoms with Gasteiger partial charge in [0.05, 0.1) is 0 Å². The van der Waals surface area contributed by atoms with Crippen LogP contribution in [-0.4, -0.2) is 22.8 Å². The fourth-order valence-electron chi connectivity index (χ4n) is 1.27. The molecule has 1 heterocycles. The molecule has 0 saturated carbocycles. The van der Waals surface area contributed by atoms with Crippen molar-refractivity contribution in [1.29, 1.82) is 0 Å². The van der Waals surface area contributed by atoms with Crippen molar-refractivity contribution in [2.75, 3.05) is 13.2 Å². The summed E-state index contributed by atoms with van der Waals surface area (Å²) >= 11 is 0. The van der Waals surface area contributed by atoms with Crippen LogP contribution in [0, 0.1) is 5.41 Å². The smallest absolute Gasteiger partial charge is 0.0494 e. The minimum Gasteiger partial charge on any atom is -0.396 e. The molecular formula is C11H20N2O. The third-order valence-corrected chi connectivity index (χ3v) is 2.25. The van der Waals surface area contributed by atoms with Gasteiger partial charge in [-0.1, -0.05) is 13.8 Å². The molecule has 0 aliphatic carbocycles. The van der Waals surface area contributed by atoms with Crippen LogP contribution in [0.15, 0.2) is 18.5 Å². The molecule has 0 aromatic carbocycles. The molecule has 1 aromatic rings. The molecule has 0 aliphatic rings. The van der Waals surface area contributed by atoms with Crippen molar-refractivity contribution in [3.63, 3.8) is 0 Å². The summed E-state index contributed by atoms with van der Waals surface area (Å²) in [6, 6.07) is 2.10. The average molecular weight is 196 g/mol.